The number of rotatable bonds is 8. The largest absolute Gasteiger partial charge is 0.480 e. The summed E-state index contributed by atoms with van der Waals surface area (Å²) < 4.78 is 1.74. The minimum Gasteiger partial charge on any atom is -0.480 e. The average Bonchev–Trinajstić information content (AvgIpc) is 3.05. The molecule has 2 atom stereocenters. The van der Waals surface area contributed by atoms with E-state index in [9.17, 15) is 14.7 Å². The first-order valence-electron chi connectivity index (χ1n) is 8.04. The number of anilines is 1. The number of likely N-dealkylation sites (tertiary alicyclic amines) is 1. The number of aromatic nitrogens is 2. The molecule has 0 aromatic carbocycles. The molecular formula is C15H25N5O4. The third-order valence-electron chi connectivity index (χ3n) is 4.07. The van der Waals surface area contributed by atoms with Gasteiger partial charge in [0.1, 0.15) is 5.82 Å². The Morgan fingerprint density at radius 3 is 2.88 bits per heavy atom. The van der Waals surface area contributed by atoms with Crippen LogP contribution in [0.15, 0.2) is 12.3 Å². The molecule has 3 N–H and O–H groups in total. The lowest BCUT2D eigenvalue weighted by molar-refractivity contribution is -0.138. The monoisotopic (exact) mass is 339 g/mol. The summed E-state index contributed by atoms with van der Waals surface area (Å²) >= 11 is 0. The number of nitrogens with zero attached hydrogens (tertiary/aromatic N) is 4. The fourth-order valence-electron chi connectivity index (χ4n) is 2.95. The first kappa shape index (κ1) is 18.4. The van der Waals surface area contributed by atoms with Crippen molar-refractivity contribution in [3.05, 3.63) is 12.3 Å². The second kappa shape index (κ2) is 8.22. The van der Waals surface area contributed by atoms with Crippen molar-refractivity contribution in [2.75, 3.05) is 38.5 Å². The summed E-state index contributed by atoms with van der Waals surface area (Å²) in [4.78, 5) is 26.4. The van der Waals surface area contributed by atoms with Crippen molar-refractivity contribution in [1.82, 2.24) is 19.6 Å². The Balaban J connectivity index is 1.86. The van der Waals surface area contributed by atoms with Crippen LogP contribution < -0.4 is 5.32 Å². The van der Waals surface area contributed by atoms with E-state index < -0.39 is 12.1 Å². The second-order valence-corrected chi connectivity index (χ2v) is 6.13. The van der Waals surface area contributed by atoms with Crippen LogP contribution in [0.1, 0.15) is 13.3 Å². The molecule has 0 saturated carbocycles. The summed E-state index contributed by atoms with van der Waals surface area (Å²) in [5, 5.41) is 25.9. The van der Waals surface area contributed by atoms with Gasteiger partial charge in [-0.3, -0.25) is 19.4 Å². The van der Waals surface area contributed by atoms with Crippen molar-refractivity contribution in [2.45, 2.75) is 32.0 Å². The van der Waals surface area contributed by atoms with Gasteiger partial charge in [-0.15, -0.1) is 0 Å². The number of hydrogen-bond acceptors (Lipinski definition) is 6. The number of aryl methyl sites for hydroxylation is 1. The van der Waals surface area contributed by atoms with E-state index in [4.69, 9.17) is 5.11 Å². The van der Waals surface area contributed by atoms with E-state index in [0.717, 1.165) is 13.0 Å². The highest BCUT2D eigenvalue weighted by Gasteiger charge is 2.35. The molecule has 9 heteroatoms. The minimum atomic E-state index is -0.940. The summed E-state index contributed by atoms with van der Waals surface area (Å²) in [5.41, 5.74) is 0. The number of carbonyl (C=O) groups is 2. The van der Waals surface area contributed by atoms with Gasteiger partial charge in [-0.25, -0.2) is 4.68 Å². The van der Waals surface area contributed by atoms with Gasteiger partial charge in [-0.05, 0) is 13.5 Å². The second-order valence-electron chi connectivity index (χ2n) is 6.13. The molecule has 1 aromatic heterocycles. The lowest BCUT2D eigenvalue weighted by Crippen LogP contribution is -2.43. The van der Waals surface area contributed by atoms with E-state index in [0.29, 0.717) is 18.9 Å². The lowest BCUT2D eigenvalue weighted by atomic mass is 10.2. The predicted octanol–water partition coefficient (Wildman–Crippen LogP) is -0.707. The number of amides is 1. The number of carbonyl (C=O) groups excluding carboxylic acids is 1. The zero-order valence-electron chi connectivity index (χ0n) is 14.1. The van der Waals surface area contributed by atoms with Crippen molar-refractivity contribution < 1.29 is 19.8 Å². The zero-order valence-corrected chi connectivity index (χ0v) is 14.1. The van der Waals surface area contributed by atoms with Gasteiger partial charge in [0.15, 0.2) is 0 Å². The van der Waals surface area contributed by atoms with Crippen LogP contribution in [0.3, 0.4) is 0 Å². The van der Waals surface area contributed by atoms with E-state index in [2.05, 4.69) is 10.4 Å². The third-order valence-corrected chi connectivity index (χ3v) is 4.07. The topological polar surface area (TPSA) is 111 Å². The molecule has 0 radical (unpaired) electrons. The quantitative estimate of drug-likeness (QED) is 0.574. The van der Waals surface area contributed by atoms with E-state index in [1.807, 2.05) is 11.8 Å². The highest BCUT2D eigenvalue weighted by molar-refractivity contribution is 5.91. The summed E-state index contributed by atoms with van der Waals surface area (Å²) in [6.45, 7) is 3.56. The molecule has 2 heterocycles. The number of aliphatic hydroxyl groups is 1. The van der Waals surface area contributed by atoms with Crippen molar-refractivity contribution in [2.24, 2.45) is 0 Å². The molecule has 1 saturated heterocycles. The standard InChI is InChI=1S/C15H25N5O4/c1-3-6-20-13(4-5-16-20)17-14(22)9-19-7-11(12(21)8-19)18(2)10-15(23)24/h4-5,11-12,21H,3,6-10H2,1-2H3,(H,17,22)(H,23,24)/t11?,12-/m1/s1. The van der Waals surface area contributed by atoms with Crippen LogP contribution in [0.5, 0.6) is 0 Å². The van der Waals surface area contributed by atoms with Crippen LogP contribution >= 0.6 is 0 Å². The fraction of sp³-hybridized carbons (Fsp3) is 0.667. The molecule has 0 spiro atoms. The molecule has 9 nitrogen and oxygen atoms in total. The van der Waals surface area contributed by atoms with Gasteiger partial charge in [-0.1, -0.05) is 6.92 Å². The maximum atomic E-state index is 12.2. The van der Waals surface area contributed by atoms with E-state index in [1.54, 1.807) is 28.9 Å². The molecule has 0 bridgehead atoms. The van der Waals surface area contributed by atoms with Gasteiger partial charge in [0.25, 0.3) is 0 Å². The zero-order chi connectivity index (χ0) is 17.7. The summed E-state index contributed by atoms with van der Waals surface area (Å²) in [5.74, 6) is -0.465. The molecule has 24 heavy (non-hydrogen) atoms. The molecule has 1 aliphatic rings. The lowest BCUT2D eigenvalue weighted by Gasteiger charge is -2.24. The summed E-state index contributed by atoms with van der Waals surface area (Å²) in [7, 11) is 1.66. The normalized spacial score (nSPS) is 21.3. The summed E-state index contributed by atoms with van der Waals surface area (Å²) in [6, 6.07) is 1.45. The number of likely N-dealkylation sites (N-methyl/N-ethyl adjacent to an activating group) is 1. The van der Waals surface area contributed by atoms with Gasteiger partial charge in [0.2, 0.25) is 5.91 Å². The smallest absolute Gasteiger partial charge is 0.317 e. The molecule has 1 aliphatic heterocycles. The van der Waals surface area contributed by atoms with Crippen molar-refractivity contribution in [3.63, 3.8) is 0 Å². The SMILES string of the molecule is CCCn1nccc1NC(=O)CN1CC(N(C)CC(=O)O)[C@H](O)C1. The average molecular weight is 339 g/mol. The number of nitrogens with one attached hydrogen (secondary N) is 1. The Morgan fingerprint density at radius 1 is 1.46 bits per heavy atom. The van der Waals surface area contributed by atoms with E-state index in [-0.39, 0.29) is 25.0 Å². The highest BCUT2D eigenvalue weighted by atomic mass is 16.4. The number of carboxylic acid groups (broad SMARTS) is 1. The van der Waals surface area contributed by atoms with Crippen molar-refractivity contribution in [3.8, 4) is 0 Å². The maximum Gasteiger partial charge on any atom is 0.317 e. The molecular weight excluding hydrogens is 314 g/mol. The van der Waals surface area contributed by atoms with Gasteiger partial charge in [0.05, 0.1) is 25.4 Å². The molecule has 1 amide bonds. The first-order valence-corrected chi connectivity index (χ1v) is 8.04. The van der Waals surface area contributed by atoms with Crippen LogP contribution in [0.4, 0.5) is 5.82 Å². The number of carboxylic acids is 1. The molecule has 0 aliphatic carbocycles. The Hall–Kier alpha value is -1.97. The van der Waals surface area contributed by atoms with Crippen molar-refractivity contribution in [1.29, 1.82) is 0 Å². The number of hydrogen-bond donors (Lipinski definition) is 3. The van der Waals surface area contributed by atoms with E-state index >= 15 is 0 Å². The first-order chi connectivity index (χ1) is 11.4. The Kier molecular flexibility index (Phi) is 6.29. The predicted molar refractivity (Wildman–Crippen MR) is 87.6 cm³/mol. The highest BCUT2D eigenvalue weighted by Crippen LogP contribution is 2.15. The molecule has 1 aromatic rings. The van der Waals surface area contributed by atoms with Gasteiger partial charge in [-0.2, -0.15) is 5.10 Å². The Labute approximate surface area is 140 Å². The van der Waals surface area contributed by atoms with Crippen LogP contribution in [-0.2, 0) is 16.1 Å². The number of aliphatic carboxylic acids is 1. The minimum absolute atomic E-state index is 0.141. The van der Waals surface area contributed by atoms with Crippen LogP contribution in [0.2, 0.25) is 0 Å². The Morgan fingerprint density at radius 2 is 2.21 bits per heavy atom. The van der Waals surface area contributed by atoms with Gasteiger partial charge >= 0.3 is 5.97 Å². The van der Waals surface area contributed by atoms with Gasteiger partial charge < -0.3 is 15.5 Å². The Bertz CT molecular complexity index is 576. The number of aliphatic hydroxyl groups excluding tert-OH is 1. The molecule has 2 rings (SSSR count). The van der Waals surface area contributed by atoms with Crippen molar-refractivity contribution >= 4 is 17.7 Å². The van der Waals surface area contributed by atoms with Crippen LogP contribution in [-0.4, -0.2) is 87.0 Å². The summed E-state index contributed by atoms with van der Waals surface area (Å²) in [6.07, 6.45) is 1.88. The molecule has 134 valence electrons. The maximum absolute atomic E-state index is 12.2. The molecule has 1 unspecified atom stereocenters. The van der Waals surface area contributed by atoms with Gasteiger partial charge in [0, 0.05) is 31.7 Å². The molecule has 1 fully saturated rings. The van der Waals surface area contributed by atoms with Crippen LogP contribution in [0, 0.1) is 0 Å². The van der Waals surface area contributed by atoms with Crippen LogP contribution in [0.25, 0.3) is 0 Å². The fourth-order valence-corrected chi connectivity index (χ4v) is 2.95. The third kappa shape index (κ3) is 4.76. The number of β-amino-alcohol motifs (C(OH)–C–C–N with tert-alkyl or cyclic N) is 1. The van der Waals surface area contributed by atoms with E-state index in [1.165, 1.54) is 0 Å².